The summed E-state index contributed by atoms with van der Waals surface area (Å²) in [4.78, 5) is 14.1. The second-order valence-electron chi connectivity index (χ2n) is 5.83. The lowest BCUT2D eigenvalue weighted by Gasteiger charge is -2.24. The van der Waals surface area contributed by atoms with E-state index in [2.05, 4.69) is 16.2 Å². The van der Waals surface area contributed by atoms with E-state index in [1.165, 1.54) is 19.3 Å². The molecular formula is C16H24N4OS. The van der Waals surface area contributed by atoms with E-state index in [1.54, 1.807) is 6.07 Å². The van der Waals surface area contributed by atoms with Crippen LogP contribution in [0.25, 0.3) is 0 Å². The van der Waals surface area contributed by atoms with Gasteiger partial charge in [-0.25, -0.2) is 0 Å². The molecule has 120 valence electrons. The van der Waals surface area contributed by atoms with Crippen LogP contribution in [-0.4, -0.2) is 31.2 Å². The fourth-order valence-electron chi connectivity index (χ4n) is 2.58. The molecule has 0 unspecified atom stereocenters. The third kappa shape index (κ3) is 4.87. The molecule has 3 N–H and O–H groups in total. The minimum absolute atomic E-state index is 0.198. The van der Waals surface area contributed by atoms with Gasteiger partial charge in [0, 0.05) is 31.4 Å². The van der Waals surface area contributed by atoms with Crippen LogP contribution < -0.4 is 21.1 Å². The molecule has 1 fully saturated rings. The Labute approximate surface area is 137 Å². The summed E-state index contributed by atoms with van der Waals surface area (Å²) in [6, 6.07) is 7.86. The smallest absolute Gasteiger partial charge is 0.269 e. The molecule has 6 heteroatoms. The van der Waals surface area contributed by atoms with E-state index in [1.807, 2.05) is 37.2 Å². The topological polar surface area (TPSA) is 56.4 Å². The zero-order chi connectivity index (χ0) is 15.9. The molecule has 1 aromatic rings. The number of hydrogen-bond acceptors (Lipinski definition) is 3. The first-order valence-corrected chi connectivity index (χ1v) is 8.11. The van der Waals surface area contributed by atoms with Gasteiger partial charge in [-0.1, -0.05) is 25.3 Å². The molecular weight excluding hydrogens is 296 g/mol. The van der Waals surface area contributed by atoms with Gasteiger partial charge in [-0.2, -0.15) is 0 Å². The average molecular weight is 320 g/mol. The maximum atomic E-state index is 12.1. The number of rotatable bonds is 3. The summed E-state index contributed by atoms with van der Waals surface area (Å²) in [6.45, 7) is 0. The molecule has 0 saturated heterocycles. The normalized spacial score (nSPS) is 15.0. The summed E-state index contributed by atoms with van der Waals surface area (Å²) in [7, 11) is 3.89. The average Bonchev–Trinajstić information content (AvgIpc) is 2.53. The van der Waals surface area contributed by atoms with Crippen LogP contribution in [0, 0.1) is 0 Å². The van der Waals surface area contributed by atoms with Crippen LogP contribution in [0.15, 0.2) is 24.3 Å². The number of benzene rings is 1. The van der Waals surface area contributed by atoms with Crippen molar-refractivity contribution in [3.05, 3.63) is 29.8 Å². The second kappa shape index (κ2) is 7.98. The number of hydrogen-bond donors (Lipinski definition) is 3. The van der Waals surface area contributed by atoms with E-state index in [-0.39, 0.29) is 5.91 Å². The van der Waals surface area contributed by atoms with Gasteiger partial charge >= 0.3 is 0 Å². The quantitative estimate of drug-likeness (QED) is 0.589. The molecule has 0 aromatic heterocycles. The number of nitrogens with one attached hydrogen (secondary N) is 3. The first-order valence-electron chi connectivity index (χ1n) is 7.70. The number of hydrazine groups is 1. The van der Waals surface area contributed by atoms with Crippen molar-refractivity contribution in [1.29, 1.82) is 0 Å². The molecule has 1 saturated carbocycles. The van der Waals surface area contributed by atoms with Gasteiger partial charge in [0.1, 0.15) is 0 Å². The van der Waals surface area contributed by atoms with E-state index < -0.39 is 0 Å². The largest absolute Gasteiger partial charge is 0.378 e. The van der Waals surface area contributed by atoms with Crippen molar-refractivity contribution in [2.75, 3.05) is 19.0 Å². The highest BCUT2D eigenvalue weighted by Crippen LogP contribution is 2.17. The molecule has 0 atom stereocenters. The molecule has 0 aliphatic heterocycles. The van der Waals surface area contributed by atoms with Crippen molar-refractivity contribution in [1.82, 2.24) is 16.2 Å². The number of thiocarbonyl (C=S) groups is 1. The van der Waals surface area contributed by atoms with Crippen LogP contribution >= 0.6 is 12.2 Å². The minimum atomic E-state index is -0.198. The molecule has 1 aliphatic rings. The predicted molar refractivity (Wildman–Crippen MR) is 94.0 cm³/mol. The van der Waals surface area contributed by atoms with Gasteiger partial charge in [0.15, 0.2) is 5.11 Å². The molecule has 0 spiro atoms. The van der Waals surface area contributed by atoms with Gasteiger partial charge in [0.2, 0.25) is 0 Å². The van der Waals surface area contributed by atoms with Gasteiger partial charge in [-0.3, -0.25) is 15.6 Å². The van der Waals surface area contributed by atoms with Crippen LogP contribution in [0.4, 0.5) is 5.69 Å². The third-order valence-corrected chi connectivity index (χ3v) is 4.07. The molecule has 22 heavy (non-hydrogen) atoms. The monoisotopic (exact) mass is 320 g/mol. The van der Waals surface area contributed by atoms with Crippen LogP contribution in [-0.2, 0) is 0 Å². The Morgan fingerprint density at radius 3 is 2.59 bits per heavy atom. The van der Waals surface area contributed by atoms with Gasteiger partial charge in [-0.05, 0) is 43.3 Å². The maximum absolute atomic E-state index is 12.1. The van der Waals surface area contributed by atoms with E-state index in [9.17, 15) is 4.79 Å². The lowest BCUT2D eigenvalue weighted by Crippen LogP contribution is -2.50. The van der Waals surface area contributed by atoms with Crippen molar-refractivity contribution in [2.24, 2.45) is 0 Å². The predicted octanol–water partition coefficient (Wildman–Crippen LogP) is 2.19. The first-order chi connectivity index (χ1) is 10.6. The van der Waals surface area contributed by atoms with Crippen LogP contribution in [0.5, 0.6) is 0 Å². The lowest BCUT2D eigenvalue weighted by molar-refractivity contribution is 0.0943. The van der Waals surface area contributed by atoms with Crippen molar-refractivity contribution in [3.63, 3.8) is 0 Å². The van der Waals surface area contributed by atoms with Crippen LogP contribution in [0.1, 0.15) is 42.5 Å². The standard InChI is InChI=1S/C16H24N4OS/c1-20(2)14-10-6-7-12(11-14)15(21)18-19-16(22)17-13-8-4-3-5-9-13/h6-7,10-11,13H,3-5,8-9H2,1-2H3,(H,18,21)(H2,17,19,22). The summed E-state index contributed by atoms with van der Waals surface area (Å²) in [5.41, 5.74) is 7.01. The zero-order valence-corrected chi connectivity index (χ0v) is 14.0. The lowest BCUT2D eigenvalue weighted by atomic mass is 9.96. The van der Waals surface area contributed by atoms with E-state index in [0.717, 1.165) is 18.5 Å². The Hall–Kier alpha value is -1.82. The van der Waals surface area contributed by atoms with Crippen LogP contribution in [0.3, 0.4) is 0 Å². The first kappa shape index (κ1) is 16.5. The molecule has 1 aromatic carbocycles. The van der Waals surface area contributed by atoms with Crippen molar-refractivity contribution < 1.29 is 4.79 Å². The zero-order valence-electron chi connectivity index (χ0n) is 13.2. The summed E-state index contributed by atoms with van der Waals surface area (Å²) in [6.07, 6.45) is 6.06. The molecule has 5 nitrogen and oxygen atoms in total. The number of carbonyl (C=O) groups excluding carboxylic acids is 1. The molecule has 0 radical (unpaired) electrons. The number of nitrogens with zero attached hydrogens (tertiary/aromatic N) is 1. The molecule has 2 rings (SSSR count). The highest BCUT2D eigenvalue weighted by molar-refractivity contribution is 7.80. The van der Waals surface area contributed by atoms with Gasteiger partial charge in [0.05, 0.1) is 0 Å². The summed E-state index contributed by atoms with van der Waals surface area (Å²) >= 11 is 5.23. The highest BCUT2D eigenvalue weighted by atomic mass is 32.1. The number of anilines is 1. The van der Waals surface area contributed by atoms with Gasteiger partial charge in [0.25, 0.3) is 5.91 Å². The van der Waals surface area contributed by atoms with Crippen LogP contribution in [0.2, 0.25) is 0 Å². The molecule has 0 heterocycles. The fourth-order valence-corrected chi connectivity index (χ4v) is 2.80. The summed E-state index contributed by atoms with van der Waals surface area (Å²) in [5, 5.41) is 3.73. The number of carbonyl (C=O) groups is 1. The van der Waals surface area contributed by atoms with Gasteiger partial charge < -0.3 is 10.2 Å². The molecule has 1 aliphatic carbocycles. The third-order valence-electron chi connectivity index (χ3n) is 3.85. The van der Waals surface area contributed by atoms with E-state index in [0.29, 0.717) is 16.7 Å². The Morgan fingerprint density at radius 2 is 1.91 bits per heavy atom. The highest BCUT2D eigenvalue weighted by Gasteiger charge is 2.14. The van der Waals surface area contributed by atoms with Crippen molar-refractivity contribution in [3.8, 4) is 0 Å². The Morgan fingerprint density at radius 1 is 1.18 bits per heavy atom. The molecule has 0 bridgehead atoms. The Bertz CT molecular complexity index is 527. The van der Waals surface area contributed by atoms with Gasteiger partial charge in [-0.15, -0.1) is 0 Å². The maximum Gasteiger partial charge on any atom is 0.269 e. The second-order valence-corrected chi connectivity index (χ2v) is 6.24. The minimum Gasteiger partial charge on any atom is -0.378 e. The fraction of sp³-hybridized carbons (Fsp3) is 0.500. The SMILES string of the molecule is CN(C)c1cccc(C(=O)NNC(=S)NC2CCCCC2)c1. The van der Waals surface area contributed by atoms with E-state index >= 15 is 0 Å². The summed E-state index contributed by atoms with van der Waals surface area (Å²) < 4.78 is 0. The molecule has 1 amide bonds. The Balaban J connectivity index is 1.81. The van der Waals surface area contributed by atoms with E-state index in [4.69, 9.17) is 12.2 Å². The Kier molecular flexibility index (Phi) is 6.00. The summed E-state index contributed by atoms with van der Waals surface area (Å²) in [5.74, 6) is -0.198. The van der Waals surface area contributed by atoms with Crippen molar-refractivity contribution >= 4 is 28.9 Å². The number of amides is 1. The van der Waals surface area contributed by atoms with Crippen molar-refractivity contribution in [2.45, 2.75) is 38.1 Å².